The van der Waals surface area contributed by atoms with E-state index in [1.807, 2.05) is 0 Å². The highest BCUT2D eigenvalue weighted by Gasteiger charge is 2.21. The summed E-state index contributed by atoms with van der Waals surface area (Å²) < 4.78 is 52.3. The van der Waals surface area contributed by atoms with E-state index >= 15 is 0 Å². The van der Waals surface area contributed by atoms with Crippen LogP contribution in [-0.4, -0.2) is 26.8 Å². The molecule has 0 atom stereocenters. The van der Waals surface area contributed by atoms with Crippen LogP contribution in [-0.2, 0) is 10.0 Å². The average Bonchev–Trinajstić information content (AvgIpc) is 3.09. The smallest absolute Gasteiger partial charge is 0.234 e. The maximum absolute atomic E-state index is 13.5. The number of anilines is 1. The van der Waals surface area contributed by atoms with Crippen molar-refractivity contribution in [2.45, 2.75) is 25.8 Å². The zero-order chi connectivity index (χ0) is 14.0. The third-order valence-electron chi connectivity index (χ3n) is 2.89. The lowest BCUT2D eigenvalue weighted by Gasteiger charge is -2.10. The molecule has 0 spiro atoms. The van der Waals surface area contributed by atoms with Gasteiger partial charge in [0.1, 0.15) is 11.6 Å². The number of benzene rings is 1. The third-order valence-corrected chi connectivity index (χ3v) is 4.17. The first-order chi connectivity index (χ1) is 8.87. The number of rotatable bonds is 6. The van der Waals surface area contributed by atoms with Crippen molar-refractivity contribution < 1.29 is 17.2 Å². The van der Waals surface area contributed by atoms with Gasteiger partial charge in [-0.25, -0.2) is 17.2 Å². The highest BCUT2D eigenvalue weighted by atomic mass is 32.2. The zero-order valence-electron chi connectivity index (χ0n) is 10.5. The fourth-order valence-corrected chi connectivity index (χ4v) is 2.61. The average molecular weight is 290 g/mol. The highest BCUT2D eigenvalue weighted by Crippen LogP contribution is 2.20. The van der Waals surface area contributed by atoms with Crippen LogP contribution < -0.4 is 10.0 Å². The van der Waals surface area contributed by atoms with Crippen LogP contribution in [0, 0.1) is 18.6 Å². The Morgan fingerprint density at radius 1 is 1.26 bits per heavy atom. The van der Waals surface area contributed by atoms with Crippen LogP contribution in [0.5, 0.6) is 0 Å². The second kappa shape index (κ2) is 5.42. The van der Waals surface area contributed by atoms with Crippen LogP contribution in [0.4, 0.5) is 14.5 Å². The van der Waals surface area contributed by atoms with Crippen molar-refractivity contribution in [2.24, 2.45) is 0 Å². The van der Waals surface area contributed by atoms with Gasteiger partial charge in [0.2, 0.25) is 10.0 Å². The fourth-order valence-electron chi connectivity index (χ4n) is 1.63. The van der Waals surface area contributed by atoms with Crippen molar-refractivity contribution >= 4 is 15.7 Å². The maximum atomic E-state index is 13.5. The Labute approximate surface area is 111 Å². The molecule has 19 heavy (non-hydrogen) atoms. The van der Waals surface area contributed by atoms with E-state index in [0.717, 1.165) is 25.0 Å². The molecule has 7 heteroatoms. The molecule has 0 aromatic heterocycles. The molecule has 1 saturated carbocycles. The van der Waals surface area contributed by atoms with Crippen molar-refractivity contribution in [3.63, 3.8) is 0 Å². The Hall–Kier alpha value is -1.21. The summed E-state index contributed by atoms with van der Waals surface area (Å²) in [5.41, 5.74) is -0.217. The second-order valence-electron chi connectivity index (χ2n) is 4.73. The van der Waals surface area contributed by atoms with Gasteiger partial charge < -0.3 is 5.32 Å². The normalized spacial score (nSPS) is 15.5. The second-order valence-corrected chi connectivity index (χ2v) is 6.57. The van der Waals surface area contributed by atoms with Crippen molar-refractivity contribution in [3.05, 3.63) is 29.3 Å². The zero-order valence-corrected chi connectivity index (χ0v) is 11.4. The predicted molar refractivity (Wildman–Crippen MR) is 69.5 cm³/mol. The summed E-state index contributed by atoms with van der Waals surface area (Å²) in [4.78, 5) is 0. The van der Waals surface area contributed by atoms with Crippen LogP contribution in [0.15, 0.2) is 12.1 Å². The molecule has 106 valence electrons. The fraction of sp³-hybridized carbons (Fsp3) is 0.500. The molecular weight excluding hydrogens is 274 g/mol. The first kappa shape index (κ1) is 14.2. The van der Waals surface area contributed by atoms with Crippen LogP contribution in [0.3, 0.4) is 0 Å². The molecule has 0 heterocycles. The number of nitrogens with one attached hydrogen (secondary N) is 2. The molecule has 0 bridgehead atoms. The molecule has 1 aliphatic carbocycles. The Balaban J connectivity index is 2.00. The lowest BCUT2D eigenvalue weighted by molar-refractivity contribution is 0.588. The SMILES string of the molecule is Cc1cc(F)c(NS(=O)(=O)CCNC2CC2)cc1F. The first-order valence-electron chi connectivity index (χ1n) is 6.07. The molecule has 1 fully saturated rings. The van der Waals surface area contributed by atoms with Crippen molar-refractivity contribution in [3.8, 4) is 0 Å². The summed E-state index contributed by atoms with van der Waals surface area (Å²) in [6.07, 6.45) is 2.12. The number of sulfonamides is 1. The van der Waals surface area contributed by atoms with Gasteiger partial charge in [-0.3, -0.25) is 4.72 Å². The minimum Gasteiger partial charge on any atom is -0.313 e. The summed E-state index contributed by atoms with van der Waals surface area (Å²) >= 11 is 0. The molecule has 0 aliphatic heterocycles. The van der Waals surface area contributed by atoms with E-state index in [2.05, 4.69) is 10.0 Å². The molecule has 0 unspecified atom stereocenters. The molecule has 0 saturated heterocycles. The van der Waals surface area contributed by atoms with E-state index in [9.17, 15) is 17.2 Å². The van der Waals surface area contributed by atoms with E-state index in [1.165, 1.54) is 6.92 Å². The summed E-state index contributed by atoms with van der Waals surface area (Å²) in [7, 11) is -3.67. The number of aryl methyl sites for hydroxylation is 1. The van der Waals surface area contributed by atoms with E-state index in [1.54, 1.807) is 0 Å². The molecule has 0 radical (unpaired) electrons. The largest absolute Gasteiger partial charge is 0.313 e. The minimum atomic E-state index is -3.67. The quantitative estimate of drug-likeness (QED) is 0.839. The van der Waals surface area contributed by atoms with Crippen molar-refractivity contribution in [1.29, 1.82) is 0 Å². The van der Waals surface area contributed by atoms with Crippen molar-refractivity contribution in [2.75, 3.05) is 17.0 Å². The van der Waals surface area contributed by atoms with Gasteiger partial charge in [-0.2, -0.15) is 0 Å². The lowest BCUT2D eigenvalue weighted by atomic mass is 10.2. The van der Waals surface area contributed by atoms with E-state index in [0.29, 0.717) is 12.6 Å². The molecule has 1 aromatic carbocycles. The van der Waals surface area contributed by atoms with Crippen LogP contribution in [0.2, 0.25) is 0 Å². The molecule has 2 rings (SSSR count). The summed E-state index contributed by atoms with van der Waals surface area (Å²) in [5.74, 6) is -1.59. The number of hydrogen-bond acceptors (Lipinski definition) is 3. The number of hydrogen-bond donors (Lipinski definition) is 2. The topological polar surface area (TPSA) is 58.2 Å². The van der Waals surface area contributed by atoms with Gasteiger partial charge in [0.05, 0.1) is 11.4 Å². The van der Waals surface area contributed by atoms with E-state index in [4.69, 9.17) is 0 Å². The van der Waals surface area contributed by atoms with Crippen LogP contribution >= 0.6 is 0 Å². The minimum absolute atomic E-state index is 0.135. The molecule has 4 nitrogen and oxygen atoms in total. The van der Waals surface area contributed by atoms with Gasteiger partial charge in [0.15, 0.2) is 0 Å². The lowest BCUT2D eigenvalue weighted by Crippen LogP contribution is -2.28. The Kier molecular flexibility index (Phi) is 4.05. The monoisotopic (exact) mass is 290 g/mol. The summed E-state index contributed by atoms with van der Waals surface area (Å²) in [6, 6.07) is 2.23. The first-order valence-corrected chi connectivity index (χ1v) is 7.72. The van der Waals surface area contributed by atoms with Crippen LogP contribution in [0.25, 0.3) is 0 Å². The van der Waals surface area contributed by atoms with E-state index < -0.39 is 21.7 Å². The predicted octanol–water partition coefficient (Wildman–Crippen LogP) is 1.77. The van der Waals surface area contributed by atoms with Crippen LogP contribution in [0.1, 0.15) is 18.4 Å². The molecular formula is C12H16F2N2O2S. The summed E-state index contributed by atoms with van der Waals surface area (Å²) in [6.45, 7) is 1.71. The molecule has 1 aromatic rings. The Morgan fingerprint density at radius 3 is 2.58 bits per heavy atom. The van der Waals surface area contributed by atoms with Gasteiger partial charge >= 0.3 is 0 Å². The van der Waals surface area contributed by atoms with Crippen molar-refractivity contribution in [1.82, 2.24) is 5.32 Å². The number of halogens is 2. The van der Waals surface area contributed by atoms with Gasteiger partial charge in [0, 0.05) is 18.7 Å². The van der Waals surface area contributed by atoms with Gasteiger partial charge in [-0.15, -0.1) is 0 Å². The third kappa shape index (κ3) is 4.14. The molecule has 1 aliphatic rings. The maximum Gasteiger partial charge on any atom is 0.234 e. The van der Waals surface area contributed by atoms with Gasteiger partial charge in [-0.05, 0) is 31.4 Å². The highest BCUT2D eigenvalue weighted by molar-refractivity contribution is 7.92. The van der Waals surface area contributed by atoms with Gasteiger partial charge in [0.25, 0.3) is 0 Å². The molecule has 2 N–H and O–H groups in total. The summed E-state index contributed by atoms with van der Waals surface area (Å²) in [5, 5.41) is 3.05. The van der Waals surface area contributed by atoms with Gasteiger partial charge in [-0.1, -0.05) is 0 Å². The Morgan fingerprint density at radius 2 is 1.95 bits per heavy atom. The molecule has 0 amide bonds. The Bertz CT molecular complexity index is 571. The standard InChI is InChI=1S/C12H16F2N2O2S/c1-8-6-11(14)12(7-10(8)13)16-19(17,18)5-4-15-9-2-3-9/h6-7,9,15-16H,2-5H2,1H3. The van der Waals surface area contributed by atoms with E-state index in [-0.39, 0.29) is 17.0 Å².